The van der Waals surface area contributed by atoms with Crippen molar-refractivity contribution in [2.24, 2.45) is 11.3 Å². The topological polar surface area (TPSA) is 23.6 Å². The lowest BCUT2D eigenvalue weighted by atomic mass is 9.80. The number of hydrogen-bond acceptors (Lipinski definition) is 2. The zero-order valence-corrected chi connectivity index (χ0v) is 10.7. The molecule has 14 heavy (non-hydrogen) atoms. The van der Waals surface area contributed by atoms with Crippen molar-refractivity contribution < 1.29 is 4.79 Å². The van der Waals surface area contributed by atoms with Crippen molar-refractivity contribution in [3.63, 3.8) is 0 Å². The number of carbonyl (C=O) groups excluding carboxylic acids is 1. The third-order valence-corrected chi connectivity index (χ3v) is 3.96. The summed E-state index contributed by atoms with van der Waals surface area (Å²) < 4.78 is 2.13. The van der Waals surface area contributed by atoms with E-state index in [-0.39, 0.29) is 11.3 Å². The molecule has 0 bridgehead atoms. The molecule has 1 aliphatic heterocycles. The molecule has 0 saturated carbocycles. The van der Waals surface area contributed by atoms with Gasteiger partial charge in [0.15, 0.2) is 0 Å². The Morgan fingerprint density at radius 2 is 2.29 bits per heavy atom. The zero-order chi connectivity index (χ0) is 10.9. The second-order valence-corrected chi connectivity index (χ2v) is 5.30. The van der Waals surface area contributed by atoms with Gasteiger partial charge in [-0.3, -0.25) is 9.46 Å². The van der Waals surface area contributed by atoms with Gasteiger partial charge in [-0.25, -0.2) is 0 Å². The Hall–Kier alpha value is -0.140. The lowest BCUT2D eigenvalue weighted by Crippen LogP contribution is -2.40. The fourth-order valence-corrected chi connectivity index (χ4v) is 2.48. The third-order valence-electron chi connectivity index (χ3n) is 3.41. The fraction of sp³-hybridized carbons (Fsp3) is 0.900. The smallest absolute Gasteiger partial charge is 0.229 e. The molecule has 1 heterocycles. The molecule has 1 saturated heterocycles. The van der Waals surface area contributed by atoms with E-state index in [4.69, 9.17) is 0 Å². The number of nitrogens with zero attached hydrogens (tertiary/aromatic N) is 2. The van der Waals surface area contributed by atoms with Crippen molar-refractivity contribution in [1.29, 1.82) is 0 Å². The number of amides is 1. The van der Waals surface area contributed by atoms with E-state index in [0.29, 0.717) is 5.92 Å². The standard InChI is InChI=1S/C10H21N2OP/c1-5-12(14)7-10(3)8(2)6-11(4)9(10)13/h8H,5-7,14H2,1-4H3. The minimum absolute atomic E-state index is 0.202. The van der Waals surface area contributed by atoms with Crippen molar-refractivity contribution in [2.75, 3.05) is 26.7 Å². The summed E-state index contributed by atoms with van der Waals surface area (Å²) in [5.74, 6) is 0.723. The second-order valence-electron chi connectivity index (χ2n) is 4.57. The van der Waals surface area contributed by atoms with Crippen LogP contribution in [0.2, 0.25) is 0 Å². The SMILES string of the molecule is CCN(P)CC1(C)C(=O)N(C)CC1C. The van der Waals surface area contributed by atoms with Gasteiger partial charge in [0.2, 0.25) is 5.91 Å². The van der Waals surface area contributed by atoms with Gasteiger partial charge < -0.3 is 4.90 Å². The summed E-state index contributed by atoms with van der Waals surface area (Å²) in [6.07, 6.45) is 0. The molecule has 0 aliphatic carbocycles. The minimum atomic E-state index is -0.202. The summed E-state index contributed by atoms with van der Waals surface area (Å²) >= 11 is 0. The molecule has 3 nitrogen and oxygen atoms in total. The van der Waals surface area contributed by atoms with Gasteiger partial charge in [-0.2, -0.15) is 0 Å². The van der Waals surface area contributed by atoms with Crippen LogP contribution in [-0.2, 0) is 4.79 Å². The largest absolute Gasteiger partial charge is 0.345 e. The Morgan fingerprint density at radius 3 is 2.64 bits per heavy atom. The van der Waals surface area contributed by atoms with E-state index in [1.165, 1.54) is 0 Å². The molecule has 0 aromatic rings. The first-order valence-corrected chi connectivity index (χ1v) is 5.68. The first-order chi connectivity index (χ1) is 6.41. The minimum Gasteiger partial charge on any atom is -0.345 e. The van der Waals surface area contributed by atoms with Gasteiger partial charge in [0.1, 0.15) is 0 Å². The predicted molar refractivity (Wildman–Crippen MR) is 61.9 cm³/mol. The highest BCUT2D eigenvalue weighted by Gasteiger charge is 2.47. The Labute approximate surface area is 89.1 Å². The Balaban J connectivity index is 2.76. The molecular weight excluding hydrogens is 195 g/mol. The normalized spacial score (nSPS) is 33.1. The molecule has 0 radical (unpaired) electrons. The maximum Gasteiger partial charge on any atom is 0.229 e. The number of hydrogen-bond donors (Lipinski definition) is 0. The van der Waals surface area contributed by atoms with E-state index >= 15 is 0 Å². The van der Waals surface area contributed by atoms with E-state index in [1.807, 2.05) is 11.9 Å². The highest BCUT2D eigenvalue weighted by atomic mass is 31.0. The van der Waals surface area contributed by atoms with Gasteiger partial charge in [-0.15, -0.1) is 0 Å². The average Bonchev–Trinajstić information content (AvgIpc) is 2.31. The predicted octanol–water partition coefficient (Wildman–Crippen LogP) is 1.21. The van der Waals surface area contributed by atoms with Gasteiger partial charge in [0, 0.05) is 20.1 Å². The van der Waals surface area contributed by atoms with E-state index < -0.39 is 0 Å². The van der Waals surface area contributed by atoms with Gasteiger partial charge >= 0.3 is 0 Å². The van der Waals surface area contributed by atoms with E-state index in [9.17, 15) is 4.79 Å². The maximum atomic E-state index is 12.0. The molecule has 1 rings (SSSR count). The summed E-state index contributed by atoms with van der Waals surface area (Å²) in [6, 6.07) is 0. The first-order valence-electron chi connectivity index (χ1n) is 5.17. The van der Waals surface area contributed by atoms with Crippen LogP contribution in [0.15, 0.2) is 0 Å². The zero-order valence-electron chi connectivity index (χ0n) is 9.58. The van der Waals surface area contributed by atoms with Crippen LogP contribution in [-0.4, -0.2) is 42.2 Å². The summed E-state index contributed by atoms with van der Waals surface area (Å²) in [5.41, 5.74) is -0.202. The van der Waals surface area contributed by atoms with Crippen LogP contribution in [0.1, 0.15) is 20.8 Å². The molecule has 3 atom stereocenters. The lowest BCUT2D eigenvalue weighted by molar-refractivity contribution is -0.135. The molecule has 0 spiro atoms. The van der Waals surface area contributed by atoms with Crippen LogP contribution in [0.3, 0.4) is 0 Å². The van der Waals surface area contributed by atoms with Gasteiger partial charge in [-0.05, 0) is 19.4 Å². The summed E-state index contributed by atoms with van der Waals surface area (Å²) in [5, 5.41) is 0. The number of likely N-dealkylation sites (tertiary alicyclic amines) is 1. The Kier molecular flexibility index (Phi) is 3.54. The first kappa shape index (κ1) is 11.9. The van der Waals surface area contributed by atoms with Crippen LogP contribution in [0.5, 0.6) is 0 Å². The Bertz CT molecular complexity index is 234. The van der Waals surface area contributed by atoms with Crippen LogP contribution in [0.4, 0.5) is 0 Å². The quantitative estimate of drug-likeness (QED) is 0.662. The number of rotatable bonds is 3. The molecule has 0 aromatic heterocycles. The molecule has 3 unspecified atom stereocenters. The third kappa shape index (κ3) is 1.94. The number of carbonyl (C=O) groups is 1. The maximum absolute atomic E-state index is 12.0. The van der Waals surface area contributed by atoms with E-state index in [2.05, 4.69) is 34.8 Å². The average molecular weight is 216 g/mol. The molecule has 1 aliphatic rings. The molecule has 0 aromatic carbocycles. The summed E-state index contributed by atoms with van der Waals surface area (Å²) in [6.45, 7) is 9.02. The van der Waals surface area contributed by atoms with Crippen molar-refractivity contribution in [3.05, 3.63) is 0 Å². The summed E-state index contributed by atoms with van der Waals surface area (Å²) in [7, 11) is 4.58. The monoisotopic (exact) mass is 216 g/mol. The highest BCUT2D eigenvalue weighted by Crippen LogP contribution is 2.37. The van der Waals surface area contributed by atoms with E-state index in [1.54, 1.807) is 0 Å². The van der Waals surface area contributed by atoms with Gasteiger partial charge in [0.05, 0.1) is 5.41 Å². The molecule has 82 valence electrons. The van der Waals surface area contributed by atoms with E-state index in [0.717, 1.165) is 19.6 Å². The fourth-order valence-electron chi connectivity index (χ4n) is 2.10. The molecule has 0 N–H and O–H groups in total. The summed E-state index contributed by atoms with van der Waals surface area (Å²) in [4.78, 5) is 13.8. The van der Waals surface area contributed by atoms with Crippen LogP contribution < -0.4 is 0 Å². The Morgan fingerprint density at radius 1 is 1.71 bits per heavy atom. The molecule has 1 fully saturated rings. The molecular formula is C10H21N2OP. The van der Waals surface area contributed by atoms with Gasteiger partial charge in [0.25, 0.3) is 0 Å². The van der Waals surface area contributed by atoms with Gasteiger partial charge in [-0.1, -0.05) is 23.2 Å². The lowest BCUT2D eigenvalue weighted by Gasteiger charge is -2.30. The van der Waals surface area contributed by atoms with Crippen molar-refractivity contribution in [2.45, 2.75) is 20.8 Å². The van der Waals surface area contributed by atoms with Crippen molar-refractivity contribution in [1.82, 2.24) is 9.57 Å². The van der Waals surface area contributed by atoms with Crippen LogP contribution in [0, 0.1) is 11.3 Å². The van der Waals surface area contributed by atoms with Crippen LogP contribution >= 0.6 is 9.39 Å². The second kappa shape index (κ2) is 4.16. The molecule has 4 heteroatoms. The van der Waals surface area contributed by atoms with Crippen molar-refractivity contribution in [3.8, 4) is 0 Å². The van der Waals surface area contributed by atoms with Crippen LogP contribution in [0.25, 0.3) is 0 Å². The van der Waals surface area contributed by atoms with Crippen molar-refractivity contribution >= 4 is 15.3 Å². The highest BCUT2D eigenvalue weighted by molar-refractivity contribution is 7.13. The molecule has 1 amide bonds.